The molecule has 4 aromatic rings. The summed E-state index contributed by atoms with van der Waals surface area (Å²) in [7, 11) is 1.60. The van der Waals surface area contributed by atoms with E-state index in [1.165, 1.54) is 0 Å². The number of hydrogen-bond acceptors (Lipinski definition) is 3. The van der Waals surface area contributed by atoms with E-state index in [4.69, 9.17) is 21.1 Å². The number of amides is 1. The van der Waals surface area contributed by atoms with Crippen LogP contribution in [0.5, 0.6) is 11.5 Å². The van der Waals surface area contributed by atoms with Gasteiger partial charge in [0.2, 0.25) is 0 Å². The third kappa shape index (κ3) is 4.65. The molecule has 0 saturated carbocycles. The van der Waals surface area contributed by atoms with Crippen LogP contribution >= 0.6 is 11.6 Å². The molecule has 0 aliphatic heterocycles. The molecule has 1 amide bonds. The molecule has 0 radical (unpaired) electrons. The van der Waals surface area contributed by atoms with Crippen LogP contribution in [0, 0.1) is 6.92 Å². The van der Waals surface area contributed by atoms with Crippen molar-refractivity contribution in [2.24, 2.45) is 0 Å². The molecule has 0 aliphatic carbocycles. The van der Waals surface area contributed by atoms with Crippen LogP contribution in [0.15, 0.2) is 78.9 Å². The number of hydrogen-bond donors (Lipinski definition) is 1. The number of carbonyl (C=O) groups is 1. The van der Waals surface area contributed by atoms with Gasteiger partial charge in [0.05, 0.1) is 7.11 Å². The van der Waals surface area contributed by atoms with Crippen LogP contribution in [0.3, 0.4) is 0 Å². The van der Waals surface area contributed by atoms with Crippen LogP contribution in [-0.2, 0) is 6.61 Å². The predicted molar refractivity (Wildman–Crippen MR) is 125 cm³/mol. The maximum absolute atomic E-state index is 12.8. The van der Waals surface area contributed by atoms with E-state index in [0.29, 0.717) is 16.3 Å². The van der Waals surface area contributed by atoms with E-state index >= 15 is 0 Å². The molecule has 0 aliphatic rings. The number of rotatable bonds is 6. The average molecular weight is 432 g/mol. The molecule has 0 atom stereocenters. The van der Waals surface area contributed by atoms with Crippen molar-refractivity contribution < 1.29 is 14.3 Å². The Morgan fingerprint density at radius 3 is 2.55 bits per heavy atom. The Bertz CT molecular complexity index is 1250. The summed E-state index contributed by atoms with van der Waals surface area (Å²) < 4.78 is 11.6. The van der Waals surface area contributed by atoms with Crippen molar-refractivity contribution in [2.75, 3.05) is 12.4 Å². The summed E-state index contributed by atoms with van der Waals surface area (Å²) in [5.41, 5.74) is 2.93. The van der Waals surface area contributed by atoms with Gasteiger partial charge in [0, 0.05) is 27.2 Å². The van der Waals surface area contributed by atoms with Gasteiger partial charge in [0.25, 0.3) is 5.91 Å². The molecule has 4 nitrogen and oxygen atoms in total. The van der Waals surface area contributed by atoms with Crippen molar-refractivity contribution in [3.8, 4) is 11.5 Å². The molecular formula is C26H22ClNO3. The van der Waals surface area contributed by atoms with E-state index < -0.39 is 0 Å². The highest BCUT2D eigenvalue weighted by Crippen LogP contribution is 2.28. The lowest BCUT2D eigenvalue weighted by Gasteiger charge is -2.14. The van der Waals surface area contributed by atoms with Crippen LogP contribution < -0.4 is 14.8 Å². The highest BCUT2D eigenvalue weighted by molar-refractivity contribution is 6.30. The number of carbonyl (C=O) groups excluding carboxylic acids is 1. The Morgan fingerprint density at radius 2 is 1.74 bits per heavy atom. The van der Waals surface area contributed by atoms with Gasteiger partial charge in [-0.1, -0.05) is 48.0 Å². The van der Waals surface area contributed by atoms with Gasteiger partial charge in [-0.15, -0.1) is 0 Å². The van der Waals surface area contributed by atoms with E-state index in [1.807, 2.05) is 55.5 Å². The number of anilines is 1. The van der Waals surface area contributed by atoms with Gasteiger partial charge >= 0.3 is 0 Å². The van der Waals surface area contributed by atoms with Crippen molar-refractivity contribution in [2.45, 2.75) is 13.5 Å². The molecule has 31 heavy (non-hydrogen) atoms. The molecule has 0 fully saturated rings. The first kappa shape index (κ1) is 20.8. The number of benzene rings is 4. The van der Waals surface area contributed by atoms with Crippen LogP contribution in [0.4, 0.5) is 5.69 Å². The predicted octanol–water partition coefficient (Wildman–Crippen LogP) is 6.64. The summed E-state index contributed by atoms with van der Waals surface area (Å²) in [4.78, 5) is 12.8. The van der Waals surface area contributed by atoms with Crippen LogP contribution in [0.1, 0.15) is 21.5 Å². The SMILES string of the molecule is COc1ccc(C(=O)Nc2ccc(Cl)cc2C)cc1COc1cccc2ccccc12. The molecule has 0 spiro atoms. The highest BCUT2D eigenvalue weighted by Gasteiger charge is 2.13. The second-order valence-electron chi connectivity index (χ2n) is 7.21. The molecule has 0 aromatic heterocycles. The lowest BCUT2D eigenvalue weighted by molar-refractivity contribution is 0.102. The van der Waals surface area contributed by atoms with Gasteiger partial charge in [-0.25, -0.2) is 0 Å². The molecule has 0 bridgehead atoms. The standard InChI is InChI=1S/C26H22ClNO3/c1-17-14-21(27)11-12-23(17)28-26(29)19-10-13-24(30-2)20(15-19)16-31-25-9-5-7-18-6-3-4-8-22(18)25/h3-15H,16H2,1-2H3,(H,28,29). The smallest absolute Gasteiger partial charge is 0.255 e. The molecule has 156 valence electrons. The van der Waals surface area contributed by atoms with Crippen molar-refractivity contribution in [3.63, 3.8) is 0 Å². The molecule has 4 rings (SSSR count). The van der Waals surface area contributed by atoms with Crippen molar-refractivity contribution in [1.29, 1.82) is 0 Å². The summed E-state index contributed by atoms with van der Waals surface area (Å²) in [5.74, 6) is 1.24. The third-order valence-electron chi connectivity index (χ3n) is 5.11. The van der Waals surface area contributed by atoms with Crippen molar-refractivity contribution in [1.82, 2.24) is 0 Å². The lowest BCUT2D eigenvalue weighted by atomic mass is 10.1. The number of nitrogens with one attached hydrogen (secondary N) is 1. The fourth-order valence-corrected chi connectivity index (χ4v) is 3.70. The Balaban J connectivity index is 1.56. The van der Waals surface area contributed by atoms with Crippen LogP contribution in [-0.4, -0.2) is 13.0 Å². The molecular weight excluding hydrogens is 410 g/mol. The molecule has 0 saturated heterocycles. The largest absolute Gasteiger partial charge is 0.496 e. The van der Waals surface area contributed by atoms with E-state index in [0.717, 1.165) is 33.3 Å². The van der Waals surface area contributed by atoms with E-state index in [2.05, 4.69) is 5.32 Å². The van der Waals surface area contributed by atoms with Gasteiger partial charge in [-0.05, 0) is 60.3 Å². The fourth-order valence-electron chi connectivity index (χ4n) is 3.47. The monoisotopic (exact) mass is 431 g/mol. The van der Waals surface area contributed by atoms with E-state index in [9.17, 15) is 4.79 Å². The second-order valence-corrected chi connectivity index (χ2v) is 7.64. The molecule has 1 N–H and O–H groups in total. The number of ether oxygens (including phenoxy) is 2. The summed E-state index contributed by atoms with van der Waals surface area (Å²) in [6, 6.07) is 24.7. The Kier molecular flexibility index (Phi) is 6.10. The zero-order valence-electron chi connectivity index (χ0n) is 17.3. The quantitative estimate of drug-likeness (QED) is 0.372. The fraction of sp³-hybridized carbons (Fsp3) is 0.115. The van der Waals surface area contributed by atoms with Crippen LogP contribution in [0.2, 0.25) is 5.02 Å². The molecule has 4 aromatic carbocycles. The minimum atomic E-state index is -0.209. The molecule has 0 unspecified atom stereocenters. The molecule has 5 heteroatoms. The highest BCUT2D eigenvalue weighted by atomic mass is 35.5. The topological polar surface area (TPSA) is 47.6 Å². The van der Waals surface area contributed by atoms with Gasteiger partial charge in [0.15, 0.2) is 0 Å². The first-order valence-corrected chi connectivity index (χ1v) is 10.3. The first-order chi connectivity index (χ1) is 15.0. The van der Waals surface area contributed by atoms with E-state index in [1.54, 1.807) is 37.4 Å². The third-order valence-corrected chi connectivity index (χ3v) is 5.35. The minimum Gasteiger partial charge on any atom is -0.496 e. The number of methoxy groups -OCH3 is 1. The Morgan fingerprint density at radius 1 is 0.935 bits per heavy atom. The maximum Gasteiger partial charge on any atom is 0.255 e. The summed E-state index contributed by atoms with van der Waals surface area (Å²) in [5, 5.41) is 5.72. The first-order valence-electron chi connectivity index (χ1n) is 9.90. The lowest BCUT2D eigenvalue weighted by Crippen LogP contribution is -2.13. The maximum atomic E-state index is 12.8. The number of aryl methyl sites for hydroxylation is 1. The summed E-state index contributed by atoms with van der Waals surface area (Å²) >= 11 is 6.01. The number of halogens is 1. The van der Waals surface area contributed by atoms with Crippen molar-refractivity contribution >= 4 is 34.0 Å². The van der Waals surface area contributed by atoms with Gasteiger partial charge in [-0.3, -0.25) is 4.79 Å². The Hall–Kier alpha value is -3.50. The van der Waals surface area contributed by atoms with Crippen molar-refractivity contribution in [3.05, 3.63) is 101 Å². The number of fused-ring (bicyclic) bond motifs is 1. The Labute approximate surface area is 186 Å². The van der Waals surface area contributed by atoms with Gasteiger partial charge < -0.3 is 14.8 Å². The van der Waals surface area contributed by atoms with E-state index in [-0.39, 0.29) is 12.5 Å². The van der Waals surface area contributed by atoms with Gasteiger partial charge in [0.1, 0.15) is 18.1 Å². The second kappa shape index (κ2) is 9.11. The minimum absolute atomic E-state index is 0.209. The average Bonchev–Trinajstić information content (AvgIpc) is 2.79. The van der Waals surface area contributed by atoms with Gasteiger partial charge in [-0.2, -0.15) is 0 Å². The zero-order valence-corrected chi connectivity index (χ0v) is 18.1. The zero-order chi connectivity index (χ0) is 21.8. The molecule has 0 heterocycles. The summed E-state index contributed by atoms with van der Waals surface area (Å²) in [6.45, 7) is 2.18. The normalized spacial score (nSPS) is 10.7. The van der Waals surface area contributed by atoms with Crippen LogP contribution in [0.25, 0.3) is 10.8 Å². The summed E-state index contributed by atoms with van der Waals surface area (Å²) in [6.07, 6.45) is 0.